The maximum Gasteiger partial charge on any atom is 0.353 e. The lowest BCUT2D eigenvalue weighted by molar-refractivity contribution is -0.383. The Morgan fingerprint density at radius 1 is 1.21 bits per heavy atom. The molecule has 0 spiro atoms. The number of rotatable bonds is 5. The number of benzene rings is 1. The molecule has 1 aliphatic heterocycles. The number of nitro groups is 1. The van der Waals surface area contributed by atoms with Crippen molar-refractivity contribution >= 4 is 23.0 Å². The lowest BCUT2D eigenvalue weighted by atomic mass is 10.1. The summed E-state index contributed by atoms with van der Waals surface area (Å²) in [6.07, 6.45) is 4.52. The Labute approximate surface area is 139 Å². The van der Waals surface area contributed by atoms with E-state index < -0.39 is 4.92 Å². The van der Waals surface area contributed by atoms with Crippen molar-refractivity contribution < 1.29 is 9.66 Å². The first-order valence-electron chi connectivity index (χ1n) is 7.85. The van der Waals surface area contributed by atoms with Gasteiger partial charge in [-0.05, 0) is 31.4 Å². The third-order valence-corrected chi connectivity index (χ3v) is 4.00. The molecule has 3 rings (SSSR count). The summed E-state index contributed by atoms with van der Waals surface area (Å²) in [5.74, 6) is 1.12. The van der Waals surface area contributed by atoms with Gasteiger partial charge in [-0.25, -0.2) is 9.97 Å². The van der Waals surface area contributed by atoms with Gasteiger partial charge in [0.2, 0.25) is 11.6 Å². The number of hydrogen-bond donors (Lipinski definition) is 1. The topological polar surface area (TPSA) is 93.4 Å². The van der Waals surface area contributed by atoms with Crippen LogP contribution in [0.2, 0.25) is 0 Å². The number of para-hydroxylation sites is 2. The standard InChI is InChI=1S/C16H19N5O3/c1-24-13-8-4-3-7-12(13)19-15-14(21(22)23)16(18-11-17-15)20-9-5-2-6-10-20/h3-4,7-8,11H,2,5-6,9-10H2,1H3,(H,17,18,19). The molecule has 2 aromatic rings. The second-order valence-electron chi connectivity index (χ2n) is 5.52. The minimum absolute atomic E-state index is 0.106. The third-order valence-electron chi connectivity index (χ3n) is 4.00. The summed E-state index contributed by atoms with van der Waals surface area (Å²) in [6.45, 7) is 1.54. The number of hydrogen-bond acceptors (Lipinski definition) is 7. The van der Waals surface area contributed by atoms with Crippen molar-refractivity contribution in [3.63, 3.8) is 0 Å². The van der Waals surface area contributed by atoms with Crippen LogP contribution in [0, 0.1) is 10.1 Å². The summed E-state index contributed by atoms with van der Waals surface area (Å²) in [5.41, 5.74) is 0.511. The van der Waals surface area contributed by atoms with E-state index in [0.29, 0.717) is 17.3 Å². The molecule has 1 aromatic carbocycles. The number of aromatic nitrogens is 2. The van der Waals surface area contributed by atoms with Gasteiger partial charge in [0.15, 0.2) is 0 Å². The molecule has 1 fully saturated rings. The maximum atomic E-state index is 11.7. The van der Waals surface area contributed by atoms with Crippen molar-refractivity contribution in [3.8, 4) is 5.75 Å². The van der Waals surface area contributed by atoms with Gasteiger partial charge in [-0.1, -0.05) is 12.1 Å². The molecule has 0 atom stereocenters. The van der Waals surface area contributed by atoms with Crippen LogP contribution in [-0.4, -0.2) is 35.1 Å². The van der Waals surface area contributed by atoms with Crippen LogP contribution < -0.4 is 15.0 Å². The van der Waals surface area contributed by atoms with E-state index in [-0.39, 0.29) is 11.5 Å². The molecule has 24 heavy (non-hydrogen) atoms. The molecular formula is C16H19N5O3. The van der Waals surface area contributed by atoms with Gasteiger partial charge in [0.05, 0.1) is 17.7 Å². The van der Waals surface area contributed by atoms with E-state index in [1.165, 1.54) is 6.33 Å². The van der Waals surface area contributed by atoms with Crippen LogP contribution in [-0.2, 0) is 0 Å². The molecule has 8 nitrogen and oxygen atoms in total. The Bertz CT molecular complexity index is 731. The van der Waals surface area contributed by atoms with Gasteiger partial charge in [0.25, 0.3) is 0 Å². The third kappa shape index (κ3) is 3.22. The quantitative estimate of drug-likeness (QED) is 0.665. The Hall–Kier alpha value is -2.90. The van der Waals surface area contributed by atoms with Crippen LogP contribution in [0.3, 0.4) is 0 Å². The first-order chi connectivity index (χ1) is 11.7. The molecule has 1 aliphatic rings. The highest BCUT2D eigenvalue weighted by atomic mass is 16.6. The average molecular weight is 329 g/mol. The number of ether oxygens (including phenoxy) is 1. The Kier molecular flexibility index (Phi) is 4.74. The highest BCUT2D eigenvalue weighted by Gasteiger charge is 2.28. The fourth-order valence-electron chi connectivity index (χ4n) is 2.84. The molecule has 8 heteroatoms. The van der Waals surface area contributed by atoms with Crippen molar-refractivity contribution in [1.82, 2.24) is 9.97 Å². The molecule has 1 N–H and O–H groups in total. The van der Waals surface area contributed by atoms with Crippen molar-refractivity contribution in [2.75, 3.05) is 30.4 Å². The van der Waals surface area contributed by atoms with Gasteiger partial charge in [0, 0.05) is 13.1 Å². The van der Waals surface area contributed by atoms with Crippen molar-refractivity contribution in [2.45, 2.75) is 19.3 Å². The van der Waals surface area contributed by atoms with E-state index in [1.807, 2.05) is 17.0 Å². The van der Waals surface area contributed by atoms with Gasteiger partial charge < -0.3 is 15.0 Å². The normalized spacial score (nSPS) is 14.3. The van der Waals surface area contributed by atoms with Crippen LogP contribution in [0.1, 0.15) is 19.3 Å². The van der Waals surface area contributed by atoms with Crippen molar-refractivity contribution in [3.05, 3.63) is 40.7 Å². The first-order valence-corrected chi connectivity index (χ1v) is 7.85. The highest BCUT2D eigenvalue weighted by molar-refractivity contribution is 5.76. The number of nitrogens with zero attached hydrogens (tertiary/aromatic N) is 4. The minimum Gasteiger partial charge on any atom is -0.495 e. The number of anilines is 3. The van der Waals surface area contributed by atoms with Gasteiger partial charge in [-0.15, -0.1) is 0 Å². The molecule has 2 heterocycles. The van der Waals surface area contributed by atoms with Crippen LogP contribution in [0.5, 0.6) is 5.75 Å². The average Bonchev–Trinajstić information content (AvgIpc) is 2.62. The maximum absolute atomic E-state index is 11.7. The van der Waals surface area contributed by atoms with Gasteiger partial charge in [-0.3, -0.25) is 10.1 Å². The van der Waals surface area contributed by atoms with Gasteiger partial charge >= 0.3 is 5.69 Å². The lowest BCUT2D eigenvalue weighted by Gasteiger charge is -2.27. The zero-order valence-corrected chi connectivity index (χ0v) is 13.4. The first kappa shape index (κ1) is 16.0. The van der Waals surface area contributed by atoms with E-state index in [9.17, 15) is 10.1 Å². The predicted octanol–water partition coefficient (Wildman–Crippen LogP) is 3.13. The van der Waals surface area contributed by atoms with Crippen LogP contribution >= 0.6 is 0 Å². The molecule has 1 saturated heterocycles. The molecule has 0 aliphatic carbocycles. The fraction of sp³-hybridized carbons (Fsp3) is 0.375. The Balaban J connectivity index is 1.99. The smallest absolute Gasteiger partial charge is 0.353 e. The van der Waals surface area contributed by atoms with E-state index >= 15 is 0 Å². The summed E-state index contributed by atoms with van der Waals surface area (Å²) in [5, 5.41) is 14.7. The van der Waals surface area contributed by atoms with E-state index in [1.54, 1.807) is 19.2 Å². The van der Waals surface area contributed by atoms with Crippen molar-refractivity contribution in [1.29, 1.82) is 0 Å². The monoisotopic (exact) mass is 329 g/mol. The Morgan fingerprint density at radius 2 is 1.96 bits per heavy atom. The zero-order valence-electron chi connectivity index (χ0n) is 13.4. The van der Waals surface area contributed by atoms with E-state index in [0.717, 1.165) is 32.4 Å². The number of methoxy groups -OCH3 is 1. The molecule has 0 saturated carbocycles. The van der Waals surface area contributed by atoms with E-state index in [2.05, 4.69) is 15.3 Å². The highest BCUT2D eigenvalue weighted by Crippen LogP contribution is 2.36. The second-order valence-corrected chi connectivity index (χ2v) is 5.52. The summed E-state index contributed by atoms with van der Waals surface area (Å²) < 4.78 is 5.28. The second kappa shape index (κ2) is 7.12. The number of nitrogens with one attached hydrogen (secondary N) is 1. The molecular weight excluding hydrogens is 310 g/mol. The zero-order chi connectivity index (χ0) is 16.9. The molecule has 0 unspecified atom stereocenters. The summed E-state index contributed by atoms with van der Waals surface area (Å²) in [6, 6.07) is 7.22. The molecule has 0 amide bonds. The largest absolute Gasteiger partial charge is 0.495 e. The van der Waals surface area contributed by atoms with Crippen LogP contribution in [0.25, 0.3) is 0 Å². The molecule has 0 bridgehead atoms. The Morgan fingerprint density at radius 3 is 2.67 bits per heavy atom. The summed E-state index contributed by atoms with van der Waals surface area (Å²) in [7, 11) is 1.55. The molecule has 0 radical (unpaired) electrons. The summed E-state index contributed by atoms with van der Waals surface area (Å²) >= 11 is 0. The molecule has 1 aromatic heterocycles. The van der Waals surface area contributed by atoms with Gasteiger partial charge in [0.1, 0.15) is 12.1 Å². The summed E-state index contributed by atoms with van der Waals surface area (Å²) in [4.78, 5) is 21.4. The van der Waals surface area contributed by atoms with Gasteiger partial charge in [-0.2, -0.15) is 0 Å². The van der Waals surface area contributed by atoms with Crippen LogP contribution in [0.15, 0.2) is 30.6 Å². The number of piperidine rings is 1. The van der Waals surface area contributed by atoms with Crippen LogP contribution in [0.4, 0.5) is 23.0 Å². The minimum atomic E-state index is -0.429. The molecule has 126 valence electrons. The predicted molar refractivity (Wildman–Crippen MR) is 91.0 cm³/mol. The SMILES string of the molecule is COc1ccccc1Nc1ncnc(N2CCCCC2)c1[N+](=O)[O-]. The lowest BCUT2D eigenvalue weighted by Crippen LogP contribution is -2.31. The van der Waals surface area contributed by atoms with E-state index in [4.69, 9.17) is 4.74 Å². The van der Waals surface area contributed by atoms with Crippen molar-refractivity contribution in [2.24, 2.45) is 0 Å². The fourth-order valence-corrected chi connectivity index (χ4v) is 2.84.